The van der Waals surface area contributed by atoms with Gasteiger partial charge in [0.25, 0.3) is 0 Å². The van der Waals surface area contributed by atoms with Crippen LogP contribution in [0.2, 0.25) is 0 Å². The normalized spacial score (nSPS) is 30.5. The van der Waals surface area contributed by atoms with E-state index < -0.39 is 0 Å². The minimum absolute atomic E-state index is 0.694. The molecule has 19 heavy (non-hydrogen) atoms. The molecule has 1 N–H and O–H groups in total. The quantitative estimate of drug-likeness (QED) is 0.683. The Hall–Kier alpha value is -0.300. The highest BCUT2D eigenvalue weighted by molar-refractivity contribution is 5.14. The molecule has 0 aromatic heterocycles. The van der Waals surface area contributed by atoms with E-state index in [2.05, 4.69) is 25.2 Å². The third kappa shape index (κ3) is 4.34. The second-order valence-electron chi connectivity index (χ2n) is 6.61. The smallest absolute Gasteiger partial charge is 0.0307 e. The second-order valence-corrected chi connectivity index (χ2v) is 6.61. The summed E-state index contributed by atoms with van der Waals surface area (Å²) in [4.78, 5) is 0. The monoisotopic (exact) mass is 263 g/mol. The van der Waals surface area contributed by atoms with E-state index in [1.807, 2.05) is 0 Å². The van der Waals surface area contributed by atoms with Crippen LogP contribution >= 0.6 is 0 Å². The van der Waals surface area contributed by atoms with E-state index >= 15 is 0 Å². The highest BCUT2D eigenvalue weighted by atomic mass is 14.9. The van der Waals surface area contributed by atoms with Crippen LogP contribution in [0.3, 0.4) is 0 Å². The number of rotatable bonds is 5. The molecule has 1 nitrogen and oxygen atoms in total. The third-order valence-corrected chi connectivity index (χ3v) is 5.28. The first-order valence-electron chi connectivity index (χ1n) is 8.77. The van der Waals surface area contributed by atoms with Crippen LogP contribution in [0.15, 0.2) is 11.6 Å². The van der Waals surface area contributed by atoms with Gasteiger partial charge in [-0.3, -0.25) is 0 Å². The molecule has 1 heteroatoms. The molecular weight excluding hydrogens is 230 g/mol. The summed E-state index contributed by atoms with van der Waals surface area (Å²) in [6.45, 7) is 5.75. The summed E-state index contributed by atoms with van der Waals surface area (Å²) in [7, 11) is 0. The lowest BCUT2D eigenvalue weighted by Crippen LogP contribution is -2.37. The lowest BCUT2D eigenvalue weighted by molar-refractivity contribution is 0.376. The summed E-state index contributed by atoms with van der Waals surface area (Å²) in [6, 6.07) is 0.694. The van der Waals surface area contributed by atoms with Crippen LogP contribution in [-0.4, -0.2) is 12.6 Å². The van der Waals surface area contributed by atoms with E-state index in [4.69, 9.17) is 0 Å². The SMILES string of the molecule is CCNC(C1=CCCCCCC1)C1CCC(CC)C1. The average Bonchev–Trinajstić information content (AvgIpc) is 2.85. The predicted molar refractivity (Wildman–Crippen MR) is 84.4 cm³/mol. The standard InChI is InChI=1S/C18H33N/c1-3-15-12-13-17(14-15)18(19-4-2)16-10-8-6-5-7-9-11-16/h10,15,17-19H,3-9,11-14H2,1-2H3. The Morgan fingerprint density at radius 3 is 2.74 bits per heavy atom. The van der Waals surface area contributed by atoms with Crippen molar-refractivity contribution in [3.8, 4) is 0 Å². The fourth-order valence-corrected chi connectivity index (χ4v) is 4.11. The van der Waals surface area contributed by atoms with Crippen LogP contribution in [0.4, 0.5) is 0 Å². The summed E-state index contributed by atoms with van der Waals surface area (Å²) in [6.07, 6.45) is 16.7. The molecule has 2 aliphatic rings. The summed E-state index contributed by atoms with van der Waals surface area (Å²) in [5.74, 6) is 1.91. The molecule has 2 rings (SSSR count). The van der Waals surface area contributed by atoms with Crippen molar-refractivity contribution in [2.45, 2.75) is 84.1 Å². The van der Waals surface area contributed by atoms with Crippen molar-refractivity contribution in [2.24, 2.45) is 11.8 Å². The number of hydrogen-bond acceptors (Lipinski definition) is 1. The Morgan fingerprint density at radius 2 is 2.00 bits per heavy atom. The molecule has 1 fully saturated rings. The van der Waals surface area contributed by atoms with Gasteiger partial charge in [-0.2, -0.15) is 0 Å². The number of allylic oxidation sites excluding steroid dienone is 1. The van der Waals surface area contributed by atoms with Crippen LogP contribution in [0, 0.1) is 11.8 Å². The van der Waals surface area contributed by atoms with Gasteiger partial charge in [0.05, 0.1) is 0 Å². The van der Waals surface area contributed by atoms with Crippen molar-refractivity contribution in [2.75, 3.05) is 6.54 Å². The molecule has 0 aliphatic heterocycles. The molecule has 0 heterocycles. The van der Waals surface area contributed by atoms with Crippen LogP contribution < -0.4 is 5.32 Å². The number of hydrogen-bond donors (Lipinski definition) is 1. The molecule has 0 saturated heterocycles. The van der Waals surface area contributed by atoms with Gasteiger partial charge in [-0.15, -0.1) is 0 Å². The molecule has 0 bridgehead atoms. The number of nitrogens with one attached hydrogen (secondary N) is 1. The summed E-state index contributed by atoms with van der Waals surface area (Å²) in [5.41, 5.74) is 1.75. The van der Waals surface area contributed by atoms with E-state index in [1.165, 1.54) is 64.2 Å². The van der Waals surface area contributed by atoms with Gasteiger partial charge in [-0.05, 0) is 56.9 Å². The average molecular weight is 263 g/mol. The third-order valence-electron chi connectivity index (χ3n) is 5.28. The topological polar surface area (TPSA) is 12.0 Å². The fourth-order valence-electron chi connectivity index (χ4n) is 4.11. The molecule has 0 spiro atoms. The van der Waals surface area contributed by atoms with Crippen molar-refractivity contribution < 1.29 is 0 Å². The Kier molecular flexibility index (Phi) is 6.43. The minimum Gasteiger partial charge on any atom is -0.310 e. The van der Waals surface area contributed by atoms with Crippen LogP contribution in [-0.2, 0) is 0 Å². The minimum atomic E-state index is 0.694. The molecule has 0 aromatic rings. The van der Waals surface area contributed by atoms with Gasteiger partial charge in [0.15, 0.2) is 0 Å². The summed E-state index contributed by atoms with van der Waals surface area (Å²) >= 11 is 0. The zero-order chi connectivity index (χ0) is 13.5. The largest absolute Gasteiger partial charge is 0.310 e. The molecule has 0 amide bonds. The Morgan fingerprint density at radius 1 is 1.16 bits per heavy atom. The van der Waals surface area contributed by atoms with Crippen molar-refractivity contribution in [1.29, 1.82) is 0 Å². The van der Waals surface area contributed by atoms with Crippen molar-refractivity contribution >= 4 is 0 Å². The molecule has 3 unspecified atom stereocenters. The van der Waals surface area contributed by atoms with Gasteiger partial charge < -0.3 is 5.32 Å². The fraction of sp³-hybridized carbons (Fsp3) is 0.889. The zero-order valence-corrected chi connectivity index (χ0v) is 13.1. The van der Waals surface area contributed by atoms with E-state index in [-0.39, 0.29) is 0 Å². The van der Waals surface area contributed by atoms with Gasteiger partial charge >= 0.3 is 0 Å². The molecule has 110 valence electrons. The van der Waals surface area contributed by atoms with E-state index in [0.29, 0.717) is 6.04 Å². The molecular formula is C18H33N. The molecule has 0 aromatic carbocycles. The predicted octanol–water partition coefficient (Wildman–Crippen LogP) is 5.07. The van der Waals surface area contributed by atoms with Crippen LogP contribution in [0.1, 0.15) is 78.1 Å². The first kappa shape index (κ1) is 15.1. The number of likely N-dealkylation sites (N-methyl/N-ethyl adjacent to an activating group) is 1. The molecule has 2 aliphatic carbocycles. The van der Waals surface area contributed by atoms with E-state index in [0.717, 1.165) is 18.4 Å². The molecule has 3 atom stereocenters. The highest BCUT2D eigenvalue weighted by Gasteiger charge is 2.31. The van der Waals surface area contributed by atoms with Crippen molar-refractivity contribution in [3.63, 3.8) is 0 Å². The van der Waals surface area contributed by atoms with Gasteiger partial charge in [0, 0.05) is 6.04 Å². The Balaban J connectivity index is 2.01. The second kappa shape index (κ2) is 8.09. The van der Waals surface area contributed by atoms with Crippen molar-refractivity contribution in [3.05, 3.63) is 11.6 Å². The first-order valence-corrected chi connectivity index (χ1v) is 8.77. The van der Waals surface area contributed by atoms with Gasteiger partial charge in [0.1, 0.15) is 0 Å². The summed E-state index contributed by atoms with van der Waals surface area (Å²) < 4.78 is 0. The van der Waals surface area contributed by atoms with E-state index in [1.54, 1.807) is 5.57 Å². The molecule has 0 radical (unpaired) electrons. The highest BCUT2D eigenvalue weighted by Crippen LogP contribution is 2.38. The maximum absolute atomic E-state index is 3.82. The van der Waals surface area contributed by atoms with Gasteiger partial charge in [0.2, 0.25) is 0 Å². The van der Waals surface area contributed by atoms with Crippen LogP contribution in [0.5, 0.6) is 0 Å². The maximum atomic E-state index is 3.82. The van der Waals surface area contributed by atoms with E-state index in [9.17, 15) is 0 Å². The Labute approximate surface area is 120 Å². The zero-order valence-electron chi connectivity index (χ0n) is 13.1. The lowest BCUT2D eigenvalue weighted by Gasteiger charge is -2.28. The van der Waals surface area contributed by atoms with Gasteiger partial charge in [-0.1, -0.05) is 51.2 Å². The lowest BCUT2D eigenvalue weighted by atomic mass is 9.85. The van der Waals surface area contributed by atoms with Crippen molar-refractivity contribution in [1.82, 2.24) is 5.32 Å². The molecule has 1 saturated carbocycles. The van der Waals surface area contributed by atoms with Crippen LogP contribution in [0.25, 0.3) is 0 Å². The van der Waals surface area contributed by atoms with Gasteiger partial charge in [-0.25, -0.2) is 0 Å². The first-order chi connectivity index (χ1) is 9.35. The maximum Gasteiger partial charge on any atom is 0.0307 e. The summed E-state index contributed by atoms with van der Waals surface area (Å²) in [5, 5.41) is 3.82. The Bertz CT molecular complexity index is 281.